The summed E-state index contributed by atoms with van der Waals surface area (Å²) in [6, 6.07) is 0.689. The van der Waals surface area contributed by atoms with Gasteiger partial charge in [-0.2, -0.15) is 0 Å². The number of rotatable bonds is 5. The van der Waals surface area contributed by atoms with Gasteiger partial charge in [-0.15, -0.1) is 0 Å². The minimum absolute atomic E-state index is 0.119. The average molecular weight is 276 g/mol. The summed E-state index contributed by atoms with van der Waals surface area (Å²) in [6.07, 6.45) is 5.17. The van der Waals surface area contributed by atoms with Crippen molar-refractivity contribution < 1.29 is 8.42 Å². The van der Waals surface area contributed by atoms with Crippen molar-refractivity contribution in [2.24, 2.45) is 0 Å². The molecule has 2 N–H and O–H groups in total. The van der Waals surface area contributed by atoms with E-state index in [0.29, 0.717) is 6.04 Å². The zero-order valence-corrected chi connectivity index (χ0v) is 12.9. The lowest BCUT2D eigenvalue weighted by atomic mass is 9.92. The van der Waals surface area contributed by atoms with Gasteiger partial charge in [0.05, 0.1) is 4.75 Å². The van der Waals surface area contributed by atoms with Crippen LogP contribution < -0.4 is 10.0 Å². The van der Waals surface area contributed by atoms with Gasteiger partial charge in [0.1, 0.15) is 0 Å². The topological polar surface area (TPSA) is 58.2 Å². The van der Waals surface area contributed by atoms with E-state index in [1.807, 2.05) is 0 Å². The third-order valence-corrected chi connectivity index (χ3v) is 5.79. The van der Waals surface area contributed by atoms with E-state index in [0.717, 1.165) is 38.6 Å². The molecule has 0 bridgehead atoms. The summed E-state index contributed by atoms with van der Waals surface area (Å²) in [7, 11) is -3.20. The number of nitrogens with one attached hydrogen (secondary N) is 2. The van der Waals surface area contributed by atoms with Crippen molar-refractivity contribution in [3.05, 3.63) is 0 Å². The quantitative estimate of drug-likeness (QED) is 0.807. The molecule has 0 saturated heterocycles. The third-order valence-electron chi connectivity index (χ3n) is 3.54. The summed E-state index contributed by atoms with van der Waals surface area (Å²) >= 11 is 0. The lowest BCUT2D eigenvalue weighted by molar-refractivity contribution is 0.328. The van der Waals surface area contributed by atoms with Crippen LogP contribution >= 0.6 is 0 Å². The maximum absolute atomic E-state index is 12.0. The van der Waals surface area contributed by atoms with Crippen molar-refractivity contribution in [3.8, 4) is 0 Å². The molecule has 0 aromatic heterocycles. The minimum atomic E-state index is -3.20. The summed E-state index contributed by atoms with van der Waals surface area (Å²) in [6.45, 7) is 8.44. The van der Waals surface area contributed by atoms with Gasteiger partial charge in [-0.1, -0.05) is 6.92 Å². The van der Waals surface area contributed by atoms with Gasteiger partial charge < -0.3 is 5.32 Å². The molecule has 0 heterocycles. The SMILES string of the molecule is CCCNC1CCC(NS(=O)(=O)C(C)(C)C)CC1. The average Bonchev–Trinajstić information content (AvgIpc) is 2.26. The second-order valence-electron chi connectivity index (χ2n) is 6.24. The number of sulfonamides is 1. The summed E-state index contributed by atoms with van der Waals surface area (Å²) in [5, 5.41) is 3.51. The molecule has 0 aromatic carbocycles. The van der Waals surface area contributed by atoms with Crippen LogP contribution in [0.25, 0.3) is 0 Å². The van der Waals surface area contributed by atoms with Crippen LogP contribution in [-0.2, 0) is 10.0 Å². The molecule has 5 heteroatoms. The molecule has 1 saturated carbocycles. The van der Waals surface area contributed by atoms with Crippen LogP contribution in [0.1, 0.15) is 59.8 Å². The maximum Gasteiger partial charge on any atom is 0.216 e. The smallest absolute Gasteiger partial charge is 0.216 e. The highest BCUT2D eigenvalue weighted by molar-refractivity contribution is 7.90. The van der Waals surface area contributed by atoms with Crippen LogP contribution in [0.15, 0.2) is 0 Å². The molecule has 0 radical (unpaired) electrons. The Morgan fingerprint density at radius 3 is 2.00 bits per heavy atom. The lowest BCUT2D eigenvalue weighted by Gasteiger charge is -2.31. The van der Waals surface area contributed by atoms with Crippen LogP contribution in [0.2, 0.25) is 0 Å². The lowest BCUT2D eigenvalue weighted by Crippen LogP contribution is -2.47. The Hall–Kier alpha value is -0.130. The highest BCUT2D eigenvalue weighted by Crippen LogP contribution is 2.22. The molecular weight excluding hydrogens is 248 g/mol. The molecule has 0 aliphatic heterocycles. The van der Waals surface area contributed by atoms with E-state index in [-0.39, 0.29) is 6.04 Å². The molecule has 0 atom stereocenters. The predicted molar refractivity (Wildman–Crippen MR) is 76.1 cm³/mol. The zero-order valence-electron chi connectivity index (χ0n) is 12.1. The Bertz CT molecular complexity index is 338. The molecule has 1 aliphatic rings. The van der Waals surface area contributed by atoms with Gasteiger partial charge >= 0.3 is 0 Å². The number of hydrogen-bond donors (Lipinski definition) is 2. The molecule has 0 spiro atoms. The monoisotopic (exact) mass is 276 g/mol. The van der Waals surface area contributed by atoms with Crippen LogP contribution in [0.3, 0.4) is 0 Å². The van der Waals surface area contributed by atoms with Crippen molar-refractivity contribution >= 4 is 10.0 Å². The standard InChI is InChI=1S/C13H28N2O2S/c1-5-10-14-11-6-8-12(9-7-11)15-18(16,17)13(2,3)4/h11-12,14-15H,5-10H2,1-4H3. The largest absolute Gasteiger partial charge is 0.314 e. The van der Waals surface area contributed by atoms with Crippen LogP contribution in [0.5, 0.6) is 0 Å². The Labute approximate surface area is 112 Å². The molecule has 0 amide bonds. The van der Waals surface area contributed by atoms with E-state index in [2.05, 4.69) is 17.0 Å². The molecule has 0 unspecified atom stereocenters. The van der Waals surface area contributed by atoms with Crippen LogP contribution in [-0.4, -0.2) is 31.8 Å². The van der Waals surface area contributed by atoms with Gasteiger partial charge in [0.25, 0.3) is 0 Å². The van der Waals surface area contributed by atoms with E-state index in [9.17, 15) is 8.42 Å². The highest BCUT2D eigenvalue weighted by atomic mass is 32.2. The van der Waals surface area contributed by atoms with E-state index >= 15 is 0 Å². The predicted octanol–water partition coefficient (Wildman–Crippen LogP) is 2.02. The molecule has 18 heavy (non-hydrogen) atoms. The van der Waals surface area contributed by atoms with E-state index < -0.39 is 14.8 Å². The molecule has 1 aliphatic carbocycles. The van der Waals surface area contributed by atoms with Gasteiger partial charge in [-0.25, -0.2) is 13.1 Å². The minimum Gasteiger partial charge on any atom is -0.314 e. The summed E-state index contributed by atoms with van der Waals surface area (Å²) in [4.78, 5) is 0. The van der Waals surface area contributed by atoms with Gasteiger partial charge in [0, 0.05) is 12.1 Å². The van der Waals surface area contributed by atoms with Crippen molar-refractivity contribution in [2.45, 2.75) is 76.6 Å². The molecule has 1 fully saturated rings. The fourth-order valence-corrected chi connectivity index (χ4v) is 3.19. The highest BCUT2D eigenvalue weighted by Gasteiger charge is 2.32. The summed E-state index contributed by atoms with van der Waals surface area (Å²) in [5.41, 5.74) is 0. The summed E-state index contributed by atoms with van der Waals surface area (Å²) < 4.78 is 26.2. The molecule has 108 valence electrons. The Kier molecular flexibility index (Phi) is 5.62. The fourth-order valence-electron chi connectivity index (χ4n) is 2.16. The van der Waals surface area contributed by atoms with Crippen molar-refractivity contribution in [2.75, 3.05) is 6.54 Å². The zero-order chi connectivity index (χ0) is 13.8. The van der Waals surface area contributed by atoms with Crippen molar-refractivity contribution in [1.82, 2.24) is 10.0 Å². The van der Waals surface area contributed by atoms with E-state index in [4.69, 9.17) is 0 Å². The fraction of sp³-hybridized carbons (Fsp3) is 1.00. The first-order valence-corrected chi connectivity index (χ1v) is 8.50. The third kappa shape index (κ3) is 4.52. The van der Waals surface area contributed by atoms with Gasteiger partial charge in [0.2, 0.25) is 10.0 Å². The van der Waals surface area contributed by atoms with Crippen molar-refractivity contribution in [1.29, 1.82) is 0 Å². The first-order chi connectivity index (χ1) is 8.26. The molecule has 4 nitrogen and oxygen atoms in total. The van der Waals surface area contributed by atoms with Crippen LogP contribution in [0.4, 0.5) is 0 Å². The Balaban J connectivity index is 2.40. The second-order valence-corrected chi connectivity index (χ2v) is 8.70. The van der Waals surface area contributed by atoms with Crippen molar-refractivity contribution in [3.63, 3.8) is 0 Å². The Morgan fingerprint density at radius 1 is 1.06 bits per heavy atom. The van der Waals surface area contributed by atoms with E-state index in [1.54, 1.807) is 20.8 Å². The summed E-state index contributed by atoms with van der Waals surface area (Å²) in [5.74, 6) is 0. The van der Waals surface area contributed by atoms with Gasteiger partial charge in [0.15, 0.2) is 0 Å². The Morgan fingerprint density at radius 2 is 1.56 bits per heavy atom. The van der Waals surface area contributed by atoms with Gasteiger partial charge in [-0.3, -0.25) is 0 Å². The van der Waals surface area contributed by atoms with Crippen LogP contribution in [0, 0.1) is 0 Å². The first kappa shape index (κ1) is 15.9. The first-order valence-electron chi connectivity index (χ1n) is 7.01. The molecule has 1 rings (SSSR count). The second kappa shape index (κ2) is 6.35. The number of hydrogen-bond acceptors (Lipinski definition) is 3. The molecular formula is C13H28N2O2S. The van der Waals surface area contributed by atoms with Gasteiger partial charge in [-0.05, 0) is 59.4 Å². The normalized spacial score (nSPS) is 26.2. The maximum atomic E-state index is 12.0. The van der Waals surface area contributed by atoms with E-state index in [1.165, 1.54) is 0 Å². The molecule has 0 aromatic rings.